The first-order valence-electron chi connectivity index (χ1n) is 12.1. The number of para-hydroxylation sites is 1. The van der Waals surface area contributed by atoms with Gasteiger partial charge in [0.05, 0.1) is 15.6 Å². The Hall–Kier alpha value is -3.44. The first-order valence-corrected chi connectivity index (χ1v) is 14.3. The number of hydrogen-bond donors (Lipinski definition) is 4. The largest absolute Gasteiger partial charge is 0.368 e. The van der Waals surface area contributed by atoms with Crippen molar-refractivity contribution in [2.45, 2.75) is 23.8 Å². The maximum atomic E-state index is 13.1. The summed E-state index contributed by atoms with van der Waals surface area (Å²) in [5.41, 5.74) is 6.02. The van der Waals surface area contributed by atoms with Crippen LogP contribution in [0, 0.1) is 5.92 Å². The normalized spacial score (nSPS) is 14.8. The lowest BCUT2D eigenvalue weighted by molar-refractivity contribution is -0.121. The third-order valence-corrected chi connectivity index (χ3v) is 8.40. The zero-order valence-electron chi connectivity index (χ0n) is 20.6. The third-order valence-electron chi connectivity index (χ3n) is 6.47. The number of carbonyl (C=O) groups excluding carboxylic acids is 3. The SMILES string of the molecule is NC(=O)C(NC(=O)c1ccc(S(=O)(=O)Nc2ccccc2C(=O)c2ccc(Cl)cc2Cl)cc1)C1CCNCC1. The molecule has 0 bridgehead atoms. The number of nitrogens with one attached hydrogen (secondary N) is 3. The maximum Gasteiger partial charge on any atom is 0.261 e. The van der Waals surface area contributed by atoms with E-state index in [0.29, 0.717) is 17.9 Å². The number of carbonyl (C=O) groups is 3. The van der Waals surface area contributed by atoms with Crippen LogP contribution in [0.15, 0.2) is 71.6 Å². The van der Waals surface area contributed by atoms with Crippen molar-refractivity contribution < 1.29 is 22.8 Å². The minimum absolute atomic E-state index is 0.0570. The van der Waals surface area contributed by atoms with E-state index in [1.807, 2.05) is 0 Å². The number of rotatable bonds is 9. The van der Waals surface area contributed by atoms with Crippen LogP contribution in [0.3, 0.4) is 0 Å². The first-order chi connectivity index (χ1) is 18.6. The van der Waals surface area contributed by atoms with Gasteiger partial charge in [0.1, 0.15) is 6.04 Å². The summed E-state index contributed by atoms with van der Waals surface area (Å²) in [5, 5.41) is 6.37. The van der Waals surface area contributed by atoms with E-state index >= 15 is 0 Å². The van der Waals surface area contributed by atoms with E-state index in [9.17, 15) is 22.8 Å². The number of benzene rings is 3. The maximum absolute atomic E-state index is 13.1. The molecular weight excluding hydrogens is 563 g/mol. The molecule has 3 aromatic carbocycles. The predicted octanol–water partition coefficient (Wildman–Crippen LogP) is 3.61. The van der Waals surface area contributed by atoms with Gasteiger partial charge in [-0.2, -0.15) is 0 Å². The van der Waals surface area contributed by atoms with Crippen molar-refractivity contribution in [3.8, 4) is 0 Å². The van der Waals surface area contributed by atoms with Crippen molar-refractivity contribution in [2.75, 3.05) is 17.8 Å². The highest BCUT2D eigenvalue weighted by Gasteiger charge is 2.30. The topological polar surface area (TPSA) is 147 Å². The molecular formula is C27H26Cl2N4O5S. The van der Waals surface area contributed by atoms with Crippen LogP contribution < -0.4 is 21.1 Å². The molecule has 1 aliphatic heterocycles. The first kappa shape index (κ1) is 28.6. The van der Waals surface area contributed by atoms with E-state index in [1.165, 1.54) is 54.6 Å². The Morgan fingerprint density at radius 1 is 0.923 bits per heavy atom. The highest BCUT2D eigenvalue weighted by Crippen LogP contribution is 2.28. The standard InChI is InChI=1S/C27H26Cl2N4O5S/c28-18-7-10-20(22(29)15-18)25(34)21-3-1-2-4-23(21)33-39(37,38)19-8-5-17(6-9-19)27(36)32-24(26(30)35)16-11-13-31-14-12-16/h1-10,15-16,24,31,33H,11-14H2,(H2,30,35)(H,32,36). The Labute approximate surface area is 236 Å². The van der Waals surface area contributed by atoms with Gasteiger partial charge in [-0.1, -0.05) is 35.3 Å². The van der Waals surface area contributed by atoms with Crippen molar-refractivity contribution in [2.24, 2.45) is 11.7 Å². The molecule has 1 atom stereocenters. The molecule has 1 heterocycles. The molecule has 1 unspecified atom stereocenters. The highest BCUT2D eigenvalue weighted by molar-refractivity contribution is 7.92. The summed E-state index contributed by atoms with van der Waals surface area (Å²) in [6.45, 7) is 1.46. The fraction of sp³-hybridized carbons (Fsp3) is 0.222. The van der Waals surface area contributed by atoms with Gasteiger partial charge < -0.3 is 16.4 Å². The van der Waals surface area contributed by atoms with Crippen molar-refractivity contribution in [1.29, 1.82) is 0 Å². The minimum Gasteiger partial charge on any atom is -0.368 e. The summed E-state index contributed by atoms with van der Waals surface area (Å²) in [5.74, 6) is -1.72. The molecule has 39 heavy (non-hydrogen) atoms. The average molecular weight is 590 g/mol. The molecule has 0 saturated carbocycles. The molecule has 3 aromatic rings. The average Bonchev–Trinajstić information content (AvgIpc) is 2.92. The predicted molar refractivity (Wildman–Crippen MR) is 150 cm³/mol. The van der Waals surface area contributed by atoms with Crippen LogP contribution >= 0.6 is 23.2 Å². The van der Waals surface area contributed by atoms with E-state index in [4.69, 9.17) is 28.9 Å². The summed E-state index contributed by atoms with van der Waals surface area (Å²) in [6, 6.07) is 14.9. The molecule has 5 N–H and O–H groups in total. The molecule has 0 aromatic heterocycles. The van der Waals surface area contributed by atoms with Gasteiger partial charge in [-0.05, 0) is 86.4 Å². The molecule has 4 rings (SSSR count). The van der Waals surface area contributed by atoms with E-state index < -0.39 is 33.7 Å². The summed E-state index contributed by atoms with van der Waals surface area (Å²) in [4.78, 5) is 37.8. The zero-order valence-corrected chi connectivity index (χ0v) is 22.9. The summed E-state index contributed by atoms with van der Waals surface area (Å²) in [7, 11) is -4.13. The molecule has 1 aliphatic rings. The molecule has 204 valence electrons. The van der Waals surface area contributed by atoms with Gasteiger partial charge in [-0.3, -0.25) is 19.1 Å². The number of ketones is 1. The number of sulfonamides is 1. The van der Waals surface area contributed by atoms with Crippen LogP contribution in [0.25, 0.3) is 0 Å². The van der Waals surface area contributed by atoms with Gasteiger partial charge >= 0.3 is 0 Å². The lowest BCUT2D eigenvalue weighted by Crippen LogP contribution is -2.51. The number of hydrogen-bond acceptors (Lipinski definition) is 6. The second-order valence-electron chi connectivity index (χ2n) is 9.07. The number of amides is 2. The van der Waals surface area contributed by atoms with Crippen LogP contribution in [-0.2, 0) is 14.8 Å². The summed E-state index contributed by atoms with van der Waals surface area (Å²) < 4.78 is 28.7. The van der Waals surface area contributed by atoms with E-state index in [2.05, 4.69) is 15.4 Å². The Morgan fingerprint density at radius 2 is 1.59 bits per heavy atom. The fourth-order valence-electron chi connectivity index (χ4n) is 4.40. The minimum atomic E-state index is -4.13. The zero-order chi connectivity index (χ0) is 28.2. The monoisotopic (exact) mass is 588 g/mol. The van der Waals surface area contributed by atoms with Crippen molar-refractivity contribution in [3.63, 3.8) is 0 Å². The van der Waals surface area contributed by atoms with E-state index in [-0.39, 0.29) is 38.2 Å². The molecule has 9 nitrogen and oxygen atoms in total. The number of halogens is 2. The Morgan fingerprint density at radius 3 is 2.23 bits per heavy atom. The van der Waals surface area contributed by atoms with Crippen LogP contribution in [0.2, 0.25) is 10.0 Å². The number of primary amides is 1. The molecule has 1 saturated heterocycles. The molecule has 1 fully saturated rings. The number of piperidine rings is 1. The number of anilines is 1. The smallest absolute Gasteiger partial charge is 0.261 e. The van der Waals surface area contributed by atoms with Gasteiger partial charge in [0.25, 0.3) is 15.9 Å². The second-order valence-corrected chi connectivity index (χ2v) is 11.6. The molecule has 12 heteroatoms. The van der Waals surface area contributed by atoms with Crippen LogP contribution in [0.1, 0.15) is 39.1 Å². The van der Waals surface area contributed by atoms with Crippen LogP contribution in [0.5, 0.6) is 0 Å². The fourth-order valence-corrected chi connectivity index (χ4v) is 5.98. The van der Waals surface area contributed by atoms with Crippen LogP contribution in [-0.4, -0.2) is 45.1 Å². The number of nitrogens with two attached hydrogens (primary N) is 1. The van der Waals surface area contributed by atoms with Gasteiger partial charge in [-0.25, -0.2) is 8.42 Å². The van der Waals surface area contributed by atoms with Crippen molar-refractivity contribution in [1.82, 2.24) is 10.6 Å². The van der Waals surface area contributed by atoms with E-state index in [0.717, 1.165) is 13.1 Å². The second kappa shape index (κ2) is 12.2. The Kier molecular flexibility index (Phi) is 8.91. The van der Waals surface area contributed by atoms with Crippen molar-refractivity contribution in [3.05, 3.63) is 93.5 Å². The lowest BCUT2D eigenvalue weighted by atomic mass is 9.89. The van der Waals surface area contributed by atoms with Gasteiger partial charge in [-0.15, -0.1) is 0 Å². The molecule has 0 aliphatic carbocycles. The van der Waals surface area contributed by atoms with Gasteiger partial charge in [0, 0.05) is 21.7 Å². The summed E-state index contributed by atoms with van der Waals surface area (Å²) >= 11 is 12.1. The highest BCUT2D eigenvalue weighted by atomic mass is 35.5. The molecule has 0 spiro atoms. The molecule has 2 amide bonds. The summed E-state index contributed by atoms with van der Waals surface area (Å²) in [6.07, 6.45) is 1.40. The van der Waals surface area contributed by atoms with Gasteiger partial charge in [0.2, 0.25) is 5.91 Å². The lowest BCUT2D eigenvalue weighted by Gasteiger charge is -2.29. The Bertz CT molecular complexity index is 1510. The van der Waals surface area contributed by atoms with E-state index in [1.54, 1.807) is 12.1 Å². The Balaban J connectivity index is 1.51. The third kappa shape index (κ3) is 6.77. The van der Waals surface area contributed by atoms with Crippen LogP contribution in [0.4, 0.5) is 5.69 Å². The van der Waals surface area contributed by atoms with Gasteiger partial charge in [0.15, 0.2) is 5.78 Å². The quantitative estimate of drug-likeness (QED) is 0.281. The van der Waals surface area contributed by atoms with Crippen molar-refractivity contribution >= 4 is 56.5 Å². The molecule has 0 radical (unpaired) electrons.